The Hall–Kier alpha value is -1.82. The Morgan fingerprint density at radius 3 is 2.65 bits per heavy atom. The van der Waals surface area contributed by atoms with Crippen LogP contribution >= 0.6 is 0 Å². The van der Waals surface area contributed by atoms with Gasteiger partial charge in [0.05, 0.1) is 5.92 Å². The van der Waals surface area contributed by atoms with Crippen molar-refractivity contribution in [3.05, 3.63) is 23.2 Å². The van der Waals surface area contributed by atoms with Crippen LogP contribution in [0.25, 0.3) is 0 Å². The van der Waals surface area contributed by atoms with Crippen LogP contribution in [0.4, 0.5) is 0 Å². The van der Waals surface area contributed by atoms with Crippen molar-refractivity contribution >= 4 is 11.8 Å². The molecular weight excluding hydrogens is 330 g/mol. The van der Waals surface area contributed by atoms with E-state index in [9.17, 15) is 9.59 Å². The van der Waals surface area contributed by atoms with Crippen LogP contribution in [0.1, 0.15) is 48.1 Å². The molecule has 142 valence electrons. The molecule has 4 heterocycles. The lowest BCUT2D eigenvalue weighted by Crippen LogP contribution is -2.56. The van der Waals surface area contributed by atoms with Gasteiger partial charge >= 0.3 is 0 Å². The molecule has 3 saturated heterocycles. The third-order valence-electron chi connectivity index (χ3n) is 6.67. The summed E-state index contributed by atoms with van der Waals surface area (Å²) < 4.78 is 5.61. The van der Waals surface area contributed by atoms with E-state index >= 15 is 0 Å². The number of furan rings is 1. The Morgan fingerprint density at radius 2 is 2.04 bits per heavy atom. The maximum atomic E-state index is 12.7. The third-order valence-corrected chi connectivity index (χ3v) is 6.67. The second-order valence-electron chi connectivity index (χ2n) is 8.26. The highest BCUT2D eigenvalue weighted by Gasteiger charge is 2.57. The van der Waals surface area contributed by atoms with Crippen molar-refractivity contribution in [1.82, 2.24) is 15.1 Å². The van der Waals surface area contributed by atoms with E-state index < -0.39 is 0 Å². The molecule has 2 atom stereocenters. The second kappa shape index (κ2) is 6.41. The number of likely N-dealkylation sites (tertiary alicyclic amines) is 2. The summed E-state index contributed by atoms with van der Waals surface area (Å²) in [4.78, 5) is 29.6. The van der Waals surface area contributed by atoms with E-state index in [1.165, 1.54) is 0 Å². The molecule has 1 spiro atoms. The Kier molecular flexibility index (Phi) is 4.34. The predicted molar refractivity (Wildman–Crippen MR) is 97.9 cm³/mol. The zero-order valence-corrected chi connectivity index (χ0v) is 16.0. The van der Waals surface area contributed by atoms with Gasteiger partial charge in [0.1, 0.15) is 5.76 Å². The van der Waals surface area contributed by atoms with Gasteiger partial charge in [-0.1, -0.05) is 6.92 Å². The quantitative estimate of drug-likeness (QED) is 0.896. The van der Waals surface area contributed by atoms with Crippen LogP contribution in [0.3, 0.4) is 0 Å². The minimum absolute atomic E-state index is 0.0315. The SMILES string of the molecule is CCCN1C[C@H]2C(=O)NC3(CCN(C(=O)c4cc(C)c(C)o4)CC3)[C@H]2C1. The van der Waals surface area contributed by atoms with Crippen LogP contribution < -0.4 is 5.32 Å². The van der Waals surface area contributed by atoms with Crippen molar-refractivity contribution in [3.8, 4) is 0 Å². The van der Waals surface area contributed by atoms with E-state index in [0.717, 1.165) is 50.2 Å². The summed E-state index contributed by atoms with van der Waals surface area (Å²) in [6, 6.07) is 1.83. The van der Waals surface area contributed by atoms with Crippen LogP contribution in [0.5, 0.6) is 0 Å². The number of carbonyl (C=O) groups excluding carboxylic acids is 2. The number of hydrogen-bond acceptors (Lipinski definition) is 4. The molecule has 0 radical (unpaired) electrons. The van der Waals surface area contributed by atoms with E-state index in [1.54, 1.807) is 0 Å². The van der Waals surface area contributed by atoms with Gasteiger partial charge in [-0.2, -0.15) is 0 Å². The molecule has 0 unspecified atom stereocenters. The molecule has 1 aromatic rings. The van der Waals surface area contributed by atoms with Crippen LogP contribution in [0.2, 0.25) is 0 Å². The number of nitrogens with zero attached hydrogens (tertiary/aromatic N) is 2. The van der Waals surface area contributed by atoms with Gasteiger partial charge in [-0.3, -0.25) is 9.59 Å². The molecule has 4 rings (SSSR count). The minimum atomic E-state index is -0.129. The number of rotatable bonds is 3. The van der Waals surface area contributed by atoms with Gasteiger partial charge in [0, 0.05) is 37.6 Å². The van der Waals surface area contributed by atoms with E-state index in [1.807, 2.05) is 24.8 Å². The molecule has 2 amide bonds. The van der Waals surface area contributed by atoms with E-state index in [-0.39, 0.29) is 23.3 Å². The maximum absolute atomic E-state index is 12.7. The monoisotopic (exact) mass is 359 g/mol. The first-order valence-corrected chi connectivity index (χ1v) is 9.84. The number of amides is 2. The van der Waals surface area contributed by atoms with Crippen molar-refractivity contribution in [3.63, 3.8) is 0 Å². The van der Waals surface area contributed by atoms with E-state index in [0.29, 0.717) is 24.8 Å². The van der Waals surface area contributed by atoms with Crippen molar-refractivity contribution in [2.75, 3.05) is 32.7 Å². The first-order valence-electron chi connectivity index (χ1n) is 9.84. The molecule has 0 saturated carbocycles. The van der Waals surface area contributed by atoms with Crippen LogP contribution in [-0.2, 0) is 4.79 Å². The average Bonchev–Trinajstić information content (AvgIpc) is 3.25. The number of fused-ring (bicyclic) bond motifs is 2. The van der Waals surface area contributed by atoms with Gasteiger partial charge < -0.3 is 19.5 Å². The highest BCUT2D eigenvalue weighted by molar-refractivity contribution is 5.92. The Morgan fingerprint density at radius 1 is 1.31 bits per heavy atom. The Labute approximate surface area is 154 Å². The van der Waals surface area contributed by atoms with Gasteiger partial charge in [0.2, 0.25) is 5.91 Å². The molecule has 3 fully saturated rings. The van der Waals surface area contributed by atoms with E-state index in [2.05, 4.69) is 17.1 Å². The first-order chi connectivity index (χ1) is 12.4. The number of carbonyl (C=O) groups is 2. The topological polar surface area (TPSA) is 65.8 Å². The van der Waals surface area contributed by atoms with Crippen LogP contribution in [0, 0.1) is 25.7 Å². The second-order valence-corrected chi connectivity index (χ2v) is 8.26. The number of nitrogens with one attached hydrogen (secondary N) is 1. The summed E-state index contributed by atoms with van der Waals surface area (Å²) in [5.74, 6) is 1.92. The molecule has 0 aliphatic carbocycles. The normalized spacial score (nSPS) is 27.8. The smallest absolute Gasteiger partial charge is 0.289 e. The van der Waals surface area contributed by atoms with E-state index in [4.69, 9.17) is 4.42 Å². The Balaban J connectivity index is 1.44. The zero-order valence-electron chi connectivity index (χ0n) is 16.0. The van der Waals surface area contributed by atoms with Gasteiger partial charge in [-0.25, -0.2) is 0 Å². The minimum Gasteiger partial charge on any atom is -0.456 e. The number of aryl methyl sites for hydroxylation is 2. The largest absolute Gasteiger partial charge is 0.456 e. The highest BCUT2D eigenvalue weighted by Crippen LogP contribution is 2.44. The number of piperidine rings is 1. The fourth-order valence-corrected chi connectivity index (χ4v) is 5.08. The Bertz CT molecular complexity index is 698. The summed E-state index contributed by atoms with van der Waals surface area (Å²) >= 11 is 0. The molecule has 0 aromatic carbocycles. The summed E-state index contributed by atoms with van der Waals surface area (Å²) in [6.07, 6.45) is 2.80. The fourth-order valence-electron chi connectivity index (χ4n) is 5.08. The first kappa shape index (κ1) is 17.6. The van der Waals surface area contributed by atoms with Crippen molar-refractivity contribution < 1.29 is 14.0 Å². The van der Waals surface area contributed by atoms with Gasteiger partial charge in [0.15, 0.2) is 5.76 Å². The molecule has 26 heavy (non-hydrogen) atoms. The highest BCUT2D eigenvalue weighted by atomic mass is 16.4. The summed E-state index contributed by atoms with van der Waals surface area (Å²) in [6.45, 7) is 10.3. The maximum Gasteiger partial charge on any atom is 0.289 e. The molecule has 0 bridgehead atoms. The fraction of sp³-hybridized carbons (Fsp3) is 0.700. The average molecular weight is 359 g/mol. The van der Waals surface area contributed by atoms with Crippen molar-refractivity contribution in [2.45, 2.75) is 45.6 Å². The third kappa shape index (κ3) is 2.75. The lowest BCUT2D eigenvalue weighted by Gasteiger charge is -2.42. The zero-order chi connectivity index (χ0) is 18.5. The summed E-state index contributed by atoms with van der Waals surface area (Å²) in [5.41, 5.74) is 0.880. The summed E-state index contributed by atoms with van der Waals surface area (Å²) in [5, 5.41) is 3.32. The molecule has 1 N–H and O–H groups in total. The lowest BCUT2D eigenvalue weighted by atomic mass is 9.75. The standard InChI is InChI=1S/C20H29N3O3/c1-4-7-22-11-15-16(12-22)20(21-18(15)24)5-8-23(9-6-20)19(25)17-10-13(2)14(3)26-17/h10,15-16H,4-9,11-12H2,1-3H3,(H,21,24)/t15-,16+/m1/s1. The van der Waals surface area contributed by atoms with Crippen LogP contribution in [0.15, 0.2) is 10.5 Å². The van der Waals surface area contributed by atoms with Gasteiger partial charge in [0.25, 0.3) is 5.91 Å². The molecule has 6 heteroatoms. The molecular formula is C20H29N3O3. The molecule has 6 nitrogen and oxygen atoms in total. The van der Waals surface area contributed by atoms with Crippen molar-refractivity contribution in [2.24, 2.45) is 11.8 Å². The molecule has 1 aromatic heterocycles. The van der Waals surface area contributed by atoms with Crippen molar-refractivity contribution in [1.29, 1.82) is 0 Å². The molecule has 3 aliphatic rings. The van der Waals surface area contributed by atoms with Crippen LogP contribution in [-0.4, -0.2) is 59.9 Å². The van der Waals surface area contributed by atoms with Gasteiger partial charge in [-0.05, 0) is 51.3 Å². The molecule has 3 aliphatic heterocycles. The van der Waals surface area contributed by atoms with Gasteiger partial charge in [-0.15, -0.1) is 0 Å². The lowest BCUT2D eigenvalue weighted by molar-refractivity contribution is -0.123. The predicted octanol–water partition coefficient (Wildman–Crippen LogP) is 1.96. The summed E-state index contributed by atoms with van der Waals surface area (Å²) in [7, 11) is 0. The number of hydrogen-bond donors (Lipinski definition) is 1.